The second-order valence-electron chi connectivity index (χ2n) is 5.97. The molecule has 0 saturated carbocycles. The molecule has 0 heterocycles. The van der Waals surface area contributed by atoms with E-state index in [4.69, 9.17) is 5.73 Å². The molecule has 0 saturated heterocycles. The summed E-state index contributed by atoms with van der Waals surface area (Å²) in [4.78, 5) is 0. The molecule has 0 aliphatic heterocycles. The molecule has 96 valence electrons. The quantitative estimate of drug-likeness (QED) is 0.735. The predicted molar refractivity (Wildman–Crippen MR) is 77.9 cm³/mol. The predicted octanol–water partition coefficient (Wildman–Crippen LogP) is 4.95. The fourth-order valence-electron chi connectivity index (χ4n) is 2.69. The van der Waals surface area contributed by atoms with E-state index < -0.39 is 0 Å². The molecule has 0 bridgehead atoms. The van der Waals surface area contributed by atoms with Gasteiger partial charge in [-0.2, -0.15) is 0 Å². The van der Waals surface area contributed by atoms with Gasteiger partial charge in [-0.05, 0) is 46.9 Å². The van der Waals surface area contributed by atoms with E-state index >= 15 is 0 Å². The van der Waals surface area contributed by atoms with Crippen molar-refractivity contribution in [2.75, 3.05) is 5.73 Å². The van der Waals surface area contributed by atoms with Crippen LogP contribution in [-0.4, -0.2) is 0 Å². The minimum absolute atomic E-state index is 0.491. The van der Waals surface area contributed by atoms with Crippen molar-refractivity contribution in [1.29, 1.82) is 0 Å². The minimum Gasteiger partial charge on any atom is -0.398 e. The second kappa shape index (κ2) is 5.12. The van der Waals surface area contributed by atoms with Crippen molar-refractivity contribution in [2.45, 2.75) is 66.2 Å². The summed E-state index contributed by atoms with van der Waals surface area (Å²) in [5.41, 5.74) is 12.9. The molecule has 1 aromatic rings. The Morgan fingerprint density at radius 1 is 0.824 bits per heavy atom. The van der Waals surface area contributed by atoms with Crippen LogP contribution in [0.4, 0.5) is 5.69 Å². The van der Waals surface area contributed by atoms with Crippen LogP contribution in [0.25, 0.3) is 0 Å². The molecule has 0 amide bonds. The Hall–Kier alpha value is -0.980. The third-order valence-corrected chi connectivity index (χ3v) is 3.57. The van der Waals surface area contributed by atoms with Crippen LogP contribution in [0.1, 0.15) is 81.5 Å². The van der Waals surface area contributed by atoms with Gasteiger partial charge in [-0.1, -0.05) is 47.6 Å². The van der Waals surface area contributed by atoms with E-state index in [0.29, 0.717) is 17.8 Å². The minimum atomic E-state index is 0.491. The smallest absolute Gasteiger partial charge is 0.0387 e. The van der Waals surface area contributed by atoms with Gasteiger partial charge in [-0.25, -0.2) is 0 Å². The zero-order valence-electron chi connectivity index (χ0n) is 12.4. The molecule has 1 nitrogen and oxygen atoms in total. The summed E-state index contributed by atoms with van der Waals surface area (Å²) in [5.74, 6) is 1.54. The first-order valence-corrected chi connectivity index (χ1v) is 6.70. The highest BCUT2D eigenvalue weighted by Crippen LogP contribution is 2.37. The van der Waals surface area contributed by atoms with E-state index in [1.807, 2.05) is 0 Å². The van der Waals surface area contributed by atoms with Gasteiger partial charge in [-0.15, -0.1) is 0 Å². The first-order valence-electron chi connectivity index (χ1n) is 6.70. The normalized spacial score (nSPS) is 11.9. The average molecular weight is 233 g/mol. The van der Waals surface area contributed by atoms with Gasteiger partial charge in [0, 0.05) is 5.69 Å². The summed E-state index contributed by atoms with van der Waals surface area (Å²) in [5, 5.41) is 0. The molecule has 1 heteroatoms. The molecule has 1 rings (SSSR count). The lowest BCUT2D eigenvalue weighted by atomic mass is 9.83. The van der Waals surface area contributed by atoms with E-state index in [2.05, 4.69) is 54.5 Å². The zero-order chi connectivity index (χ0) is 13.3. The van der Waals surface area contributed by atoms with Gasteiger partial charge in [0.1, 0.15) is 0 Å². The molecule has 0 spiro atoms. The maximum absolute atomic E-state index is 6.36. The van der Waals surface area contributed by atoms with E-state index in [0.717, 1.165) is 5.69 Å². The largest absolute Gasteiger partial charge is 0.398 e. The van der Waals surface area contributed by atoms with Crippen LogP contribution in [0.5, 0.6) is 0 Å². The van der Waals surface area contributed by atoms with Crippen LogP contribution in [0.15, 0.2) is 6.07 Å². The molecule has 0 aliphatic carbocycles. The Balaban J connectivity index is 3.58. The average Bonchev–Trinajstić information content (AvgIpc) is 2.15. The van der Waals surface area contributed by atoms with Gasteiger partial charge >= 0.3 is 0 Å². The van der Waals surface area contributed by atoms with Crippen LogP contribution in [0, 0.1) is 6.92 Å². The van der Waals surface area contributed by atoms with E-state index in [-0.39, 0.29) is 0 Å². The number of benzene rings is 1. The molecule has 0 aliphatic rings. The maximum Gasteiger partial charge on any atom is 0.0387 e. The van der Waals surface area contributed by atoms with Crippen LogP contribution in [0.2, 0.25) is 0 Å². The van der Waals surface area contributed by atoms with Crippen LogP contribution in [-0.2, 0) is 0 Å². The van der Waals surface area contributed by atoms with Crippen molar-refractivity contribution in [3.8, 4) is 0 Å². The molecular formula is C16H27N. The lowest BCUT2D eigenvalue weighted by molar-refractivity contribution is 0.796. The molecule has 1 aromatic carbocycles. The number of nitrogen functional groups attached to an aromatic ring is 1. The van der Waals surface area contributed by atoms with E-state index in [9.17, 15) is 0 Å². The van der Waals surface area contributed by atoms with Crippen molar-refractivity contribution in [1.82, 2.24) is 0 Å². The standard InChI is InChI=1S/C16H27N/c1-9(2)13-8-14(10(3)4)16(17)15(11(5)6)12(13)7/h8-11H,17H2,1-7H3. The summed E-state index contributed by atoms with van der Waals surface area (Å²) in [6.07, 6.45) is 0. The third-order valence-electron chi connectivity index (χ3n) is 3.57. The van der Waals surface area contributed by atoms with Crippen molar-refractivity contribution in [3.05, 3.63) is 28.3 Å². The number of rotatable bonds is 3. The van der Waals surface area contributed by atoms with Gasteiger partial charge in [0.2, 0.25) is 0 Å². The van der Waals surface area contributed by atoms with Crippen molar-refractivity contribution in [2.24, 2.45) is 0 Å². The van der Waals surface area contributed by atoms with Crippen LogP contribution >= 0.6 is 0 Å². The first-order chi connectivity index (χ1) is 7.77. The summed E-state index contributed by atoms with van der Waals surface area (Å²) in [6.45, 7) is 15.6. The Labute approximate surface area is 106 Å². The number of nitrogens with two attached hydrogens (primary N) is 1. The lowest BCUT2D eigenvalue weighted by Crippen LogP contribution is -2.09. The summed E-state index contributed by atoms with van der Waals surface area (Å²) in [6, 6.07) is 2.31. The highest BCUT2D eigenvalue weighted by molar-refractivity contribution is 5.62. The lowest BCUT2D eigenvalue weighted by Gasteiger charge is -2.23. The summed E-state index contributed by atoms with van der Waals surface area (Å²) >= 11 is 0. The third kappa shape index (κ3) is 2.65. The Morgan fingerprint density at radius 3 is 1.65 bits per heavy atom. The van der Waals surface area contributed by atoms with Gasteiger partial charge in [0.25, 0.3) is 0 Å². The molecule has 0 atom stereocenters. The molecule has 0 fully saturated rings. The zero-order valence-corrected chi connectivity index (χ0v) is 12.4. The highest BCUT2D eigenvalue weighted by Gasteiger charge is 2.18. The Kier molecular flexibility index (Phi) is 4.24. The van der Waals surface area contributed by atoms with Crippen molar-refractivity contribution in [3.63, 3.8) is 0 Å². The van der Waals surface area contributed by atoms with Crippen LogP contribution < -0.4 is 5.73 Å². The van der Waals surface area contributed by atoms with E-state index in [1.54, 1.807) is 0 Å². The SMILES string of the molecule is Cc1c(C(C)C)cc(C(C)C)c(N)c1C(C)C. The second-order valence-corrected chi connectivity index (χ2v) is 5.97. The summed E-state index contributed by atoms with van der Waals surface area (Å²) < 4.78 is 0. The molecule has 2 N–H and O–H groups in total. The Morgan fingerprint density at radius 2 is 1.29 bits per heavy atom. The Bertz CT molecular complexity index is 368. The van der Waals surface area contributed by atoms with Gasteiger partial charge in [0.05, 0.1) is 0 Å². The number of hydrogen-bond acceptors (Lipinski definition) is 1. The molecule has 0 radical (unpaired) electrons. The van der Waals surface area contributed by atoms with E-state index in [1.165, 1.54) is 22.3 Å². The molecule has 0 aromatic heterocycles. The molecule has 0 unspecified atom stereocenters. The summed E-state index contributed by atoms with van der Waals surface area (Å²) in [7, 11) is 0. The number of anilines is 1. The number of hydrogen-bond donors (Lipinski definition) is 1. The van der Waals surface area contributed by atoms with Crippen LogP contribution in [0.3, 0.4) is 0 Å². The van der Waals surface area contributed by atoms with Crippen molar-refractivity contribution < 1.29 is 0 Å². The van der Waals surface area contributed by atoms with Gasteiger partial charge in [0.15, 0.2) is 0 Å². The van der Waals surface area contributed by atoms with Gasteiger partial charge < -0.3 is 5.73 Å². The fourth-order valence-corrected chi connectivity index (χ4v) is 2.69. The maximum atomic E-state index is 6.36. The van der Waals surface area contributed by atoms with Crippen molar-refractivity contribution >= 4 is 5.69 Å². The molecular weight excluding hydrogens is 206 g/mol. The molecule has 17 heavy (non-hydrogen) atoms. The topological polar surface area (TPSA) is 26.0 Å². The first kappa shape index (κ1) is 14.1. The van der Waals surface area contributed by atoms with Gasteiger partial charge in [-0.3, -0.25) is 0 Å². The monoisotopic (exact) mass is 233 g/mol. The fraction of sp³-hybridized carbons (Fsp3) is 0.625. The highest BCUT2D eigenvalue weighted by atomic mass is 14.6.